The zero-order valence-corrected chi connectivity index (χ0v) is 17.1. The Hall–Kier alpha value is -2.30. The number of hydrogen-bond donors (Lipinski definition) is 1. The average Bonchev–Trinajstić information content (AvgIpc) is 2.77. The van der Waals surface area contributed by atoms with Crippen LogP contribution in [0.25, 0.3) is 12.2 Å². The summed E-state index contributed by atoms with van der Waals surface area (Å²) < 4.78 is 17.3. The van der Waals surface area contributed by atoms with Gasteiger partial charge in [-0.3, -0.25) is 0 Å². The van der Waals surface area contributed by atoms with Crippen molar-refractivity contribution in [2.24, 2.45) is 0 Å². The van der Waals surface area contributed by atoms with Crippen LogP contribution in [0.15, 0.2) is 48.5 Å². The summed E-state index contributed by atoms with van der Waals surface area (Å²) in [4.78, 5) is 0. The molecule has 3 rings (SSSR count). The maximum absolute atomic E-state index is 8.77. The fraction of sp³-hybridized carbons (Fsp3) is 0.440. The molecule has 4 nitrogen and oxygen atoms in total. The molecule has 1 saturated heterocycles. The van der Waals surface area contributed by atoms with E-state index in [-0.39, 0.29) is 12.9 Å². The van der Waals surface area contributed by atoms with Crippen LogP contribution in [-0.4, -0.2) is 31.2 Å². The lowest BCUT2D eigenvalue weighted by Gasteiger charge is -2.23. The summed E-state index contributed by atoms with van der Waals surface area (Å²) in [6, 6.07) is 16.3. The second kappa shape index (κ2) is 12.3. The predicted octanol–water partition coefficient (Wildman–Crippen LogP) is 5.69. The van der Waals surface area contributed by atoms with Crippen molar-refractivity contribution in [2.45, 2.75) is 51.2 Å². The van der Waals surface area contributed by atoms with Crippen molar-refractivity contribution in [3.63, 3.8) is 0 Å². The van der Waals surface area contributed by atoms with Crippen LogP contribution in [0, 0.1) is 0 Å². The minimum Gasteiger partial charge on any atom is -0.494 e. The Balaban J connectivity index is 1.42. The molecule has 0 saturated carbocycles. The Bertz CT molecular complexity index is 715. The summed E-state index contributed by atoms with van der Waals surface area (Å²) in [5.41, 5.74) is 2.27. The first-order valence-corrected chi connectivity index (χ1v) is 10.7. The van der Waals surface area contributed by atoms with Crippen molar-refractivity contribution in [2.75, 3.05) is 19.8 Å². The summed E-state index contributed by atoms with van der Waals surface area (Å²) in [6.45, 7) is 1.80. The molecule has 156 valence electrons. The lowest BCUT2D eigenvalue weighted by molar-refractivity contribution is -0.105. The standard InChI is InChI=1S/C25H32O4/c26-18-4-1-2-5-19-27-23-14-10-21(11-15-23)8-9-22-12-16-24(17-13-22)29-25-7-3-6-20-28-25/h8-17,25-26H,1-7,18-20H2/b9-8+. The van der Waals surface area contributed by atoms with E-state index in [9.17, 15) is 0 Å². The predicted molar refractivity (Wildman–Crippen MR) is 117 cm³/mol. The largest absolute Gasteiger partial charge is 0.494 e. The Labute approximate surface area is 174 Å². The Kier molecular flexibility index (Phi) is 9.08. The molecule has 0 radical (unpaired) electrons. The van der Waals surface area contributed by atoms with Gasteiger partial charge in [0.05, 0.1) is 13.2 Å². The molecule has 0 aromatic heterocycles. The van der Waals surface area contributed by atoms with E-state index in [0.717, 1.165) is 74.4 Å². The molecule has 1 aliphatic heterocycles. The number of aliphatic hydroxyl groups excluding tert-OH is 1. The van der Waals surface area contributed by atoms with Gasteiger partial charge in [-0.15, -0.1) is 0 Å². The lowest BCUT2D eigenvalue weighted by atomic mass is 10.1. The third-order valence-electron chi connectivity index (χ3n) is 4.96. The van der Waals surface area contributed by atoms with Gasteiger partial charge in [0, 0.05) is 13.0 Å². The van der Waals surface area contributed by atoms with E-state index in [0.29, 0.717) is 0 Å². The van der Waals surface area contributed by atoms with Gasteiger partial charge in [0.15, 0.2) is 6.29 Å². The SMILES string of the molecule is OCCCCCCOc1ccc(/C=C/c2ccc(OC3CCCCO3)cc2)cc1. The molecule has 1 unspecified atom stereocenters. The molecule has 1 heterocycles. The first kappa shape index (κ1) is 21.4. The summed E-state index contributed by atoms with van der Waals surface area (Å²) in [5, 5.41) is 8.77. The van der Waals surface area contributed by atoms with Crippen LogP contribution in [0.5, 0.6) is 11.5 Å². The molecular weight excluding hydrogens is 364 g/mol. The number of rotatable bonds is 11. The van der Waals surface area contributed by atoms with Gasteiger partial charge < -0.3 is 19.3 Å². The van der Waals surface area contributed by atoms with Gasteiger partial charge in [0.1, 0.15) is 11.5 Å². The molecule has 0 spiro atoms. The molecule has 0 aliphatic carbocycles. The highest BCUT2D eigenvalue weighted by molar-refractivity contribution is 5.70. The molecule has 0 amide bonds. The van der Waals surface area contributed by atoms with E-state index in [2.05, 4.69) is 36.4 Å². The van der Waals surface area contributed by atoms with E-state index in [1.54, 1.807) is 0 Å². The summed E-state index contributed by atoms with van der Waals surface area (Å²) in [6.07, 6.45) is 11.4. The van der Waals surface area contributed by atoms with Gasteiger partial charge in [0.2, 0.25) is 0 Å². The molecule has 1 atom stereocenters. The average molecular weight is 397 g/mol. The number of aliphatic hydroxyl groups is 1. The fourth-order valence-corrected chi connectivity index (χ4v) is 3.24. The second-order valence-electron chi connectivity index (χ2n) is 7.37. The zero-order valence-electron chi connectivity index (χ0n) is 17.1. The van der Waals surface area contributed by atoms with Crippen molar-refractivity contribution >= 4 is 12.2 Å². The number of unbranched alkanes of at least 4 members (excludes halogenated alkanes) is 3. The third kappa shape index (κ3) is 7.92. The van der Waals surface area contributed by atoms with Crippen LogP contribution in [0.3, 0.4) is 0 Å². The van der Waals surface area contributed by atoms with Crippen LogP contribution >= 0.6 is 0 Å². The van der Waals surface area contributed by atoms with Crippen molar-refractivity contribution in [3.05, 3.63) is 59.7 Å². The molecule has 2 aromatic rings. The second-order valence-corrected chi connectivity index (χ2v) is 7.37. The first-order valence-electron chi connectivity index (χ1n) is 10.7. The highest BCUT2D eigenvalue weighted by Gasteiger charge is 2.14. The van der Waals surface area contributed by atoms with Crippen LogP contribution in [0.4, 0.5) is 0 Å². The van der Waals surface area contributed by atoms with Gasteiger partial charge in [-0.25, -0.2) is 0 Å². The van der Waals surface area contributed by atoms with Gasteiger partial charge in [0.25, 0.3) is 0 Å². The van der Waals surface area contributed by atoms with Gasteiger partial charge >= 0.3 is 0 Å². The molecule has 2 aromatic carbocycles. The smallest absolute Gasteiger partial charge is 0.199 e. The maximum atomic E-state index is 8.77. The van der Waals surface area contributed by atoms with Gasteiger partial charge in [-0.05, 0) is 67.5 Å². The van der Waals surface area contributed by atoms with Gasteiger partial charge in [-0.1, -0.05) is 42.8 Å². The fourth-order valence-electron chi connectivity index (χ4n) is 3.24. The van der Waals surface area contributed by atoms with Crippen LogP contribution in [-0.2, 0) is 4.74 Å². The lowest BCUT2D eigenvalue weighted by Crippen LogP contribution is -2.24. The highest BCUT2D eigenvalue weighted by Crippen LogP contribution is 2.21. The molecule has 4 heteroatoms. The van der Waals surface area contributed by atoms with E-state index >= 15 is 0 Å². The molecule has 1 fully saturated rings. The molecule has 29 heavy (non-hydrogen) atoms. The number of benzene rings is 2. The van der Waals surface area contributed by atoms with Crippen molar-refractivity contribution in [1.29, 1.82) is 0 Å². The first-order chi connectivity index (χ1) is 14.3. The van der Waals surface area contributed by atoms with Crippen molar-refractivity contribution < 1.29 is 19.3 Å². The van der Waals surface area contributed by atoms with E-state index in [1.807, 2.05) is 24.3 Å². The monoisotopic (exact) mass is 396 g/mol. The van der Waals surface area contributed by atoms with Crippen LogP contribution < -0.4 is 9.47 Å². The third-order valence-corrected chi connectivity index (χ3v) is 4.96. The summed E-state index contributed by atoms with van der Waals surface area (Å²) >= 11 is 0. The Morgan fingerprint density at radius 3 is 2.10 bits per heavy atom. The maximum Gasteiger partial charge on any atom is 0.199 e. The minimum atomic E-state index is -0.105. The minimum absolute atomic E-state index is 0.105. The van der Waals surface area contributed by atoms with Crippen LogP contribution in [0.1, 0.15) is 56.1 Å². The van der Waals surface area contributed by atoms with Crippen LogP contribution in [0.2, 0.25) is 0 Å². The highest BCUT2D eigenvalue weighted by atomic mass is 16.7. The topological polar surface area (TPSA) is 47.9 Å². The van der Waals surface area contributed by atoms with Crippen molar-refractivity contribution in [1.82, 2.24) is 0 Å². The summed E-state index contributed by atoms with van der Waals surface area (Å²) in [7, 11) is 0. The quantitative estimate of drug-likeness (QED) is 0.391. The molecule has 1 N–H and O–H groups in total. The van der Waals surface area contributed by atoms with E-state index in [4.69, 9.17) is 19.3 Å². The van der Waals surface area contributed by atoms with Crippen molar-refractivity contribution in [3.8, 4) is 11.5 Å². The summed E-state index contributed by atoms with van der Waals surface area (Å²) in [5.74, 6) is 1.75. The molecular formula is C25H32O4. The Morgan fingerprint density at radius 2 is 1.48 bits per heavy atom. The molecule has 0 bridgehead atoms. The van der Waals surface area contributed by atoms with E-state index < -0.39 is 0 Å². The van der Waals surface area contributed by atoms with Gasteiger partial charge in [-0.2, -0.15) is 0 Å². The number of ether oxygens (including phenoxy) is 3. The number of hydrogen-bond acceptors (Lipinski definition) is 4. The normalized spacial score (nSPS) is 16.8. The zero-order chi connectivity index (χ0) is 20.2. The van der Waals surface area contributed by atoms with E-state index in [1.165, 1.54) is 6.42 Å². The Morgan fingerprint density at radius 1 is 0.828 bits per heavy atom. The molecule has 1 aliphatic rings.